The molecule has 0 saturated carbocycles. The van der Waals surface area contributed by atoms with Crippen LogP contribution in [-0.2, 0) is 9.59 Å². The van der Waals surface area contributed by atoms with Gasteiger partial charge in [-0.1, -0.05) is 11.6 Å². The lowest BCUT2D eigenvalue weighted by Gasteiger charge is -2.29. The average Bonchev–Trinajstić information content (AvgIpc) is 2.47. The van der Waals surface area contributed by atoms with Gasteiger partial charge < -0.3 is 20.4 Å². The molecule has 0 unspecified atom stereocenters. The molecule has 0 aliphatic carbocycles. The normalized spacial score (nSPS) is 14.4. The average molecular weight is 314 g/mol. The highest BCUT2D eigenvalue weighted by molar-refractivity contribution is 6.30. The molecular weight excluding hydrogens is 298 g/mol. The van der Waals surface area contributed by atoms with Crippen molar-refractivity contribution >= 4 is 29.2 Å². The maximum Gasteiger partial charge on any atom is 0.328 e. The van der Waals surface area contributed by atoms with Crippen LogP contribution < -0.4 is 10.2 Å². The zero-order chi connectivity index (χ0) is 15.7. The fourth-order valence-electron chi connectivity index (χ4n) is 1.64. The summed E-state index contributed by atoms with van der Waals surface area (Å²) in [6.45, 7) is 4.13. The van der Waals surface area contributed by atoms with E-state index in [1.165, 1.54) is 0 Å². The lowest BCUT2D eigenvalue weighted by Crippen LogP contribution is -2.43. The summed E-state index contributed by atoms with van der Waals surface area (Å²) in [5.41, 5.74) is 1.12. The number of rotatable bonds is 3. The number of hydrogen-bond donors (Lipinski definition) is 3. The number of carboxylic acid groups (broad SMARTS) is 2. The molecule has 2 heterocycles. The van der Waals surface area contributed by atoms with Gasteiger partial charge in [-0.3, -0.25) is 4.98 Å². The molecule has 3 N–H and O–H groups in total. The number of aliphatic carboxylic acids is 2. The van der Waals surface area contributed by atoms with E-state index in [1.807, 2.05) is 12.3 Å². The predicted octanol–water partition coefficient (Wildman–Crippen LogP) is 0.856. The third-order valence-electron chi connectivity index (χ3n) is 2.54. The third kappa shape index (κ3) is 7.28. The molecule has 1 saturated heterocycles. The van der Waals surface area contributed by atoms with Crippen molar-refractivity contribution in [1.82, 2.24) is 10.3 Å². The number of carbonyl (C=O) groups is 2. The maximum absolute atomic E-state index is 9.55. The van der Waals surface area contributed by atoms with E-state index in [0.29, 0.717) is 17.2 Å². The van der Waals surface area contributed by atoms with E-state index in [1.54, 1.807) is 6.20 Å². The van der Waals surface area contributed by atoms with E-state index >= 15 is 0 Å². The molecule has 0 radical (unpaired) electrons. The summed E-state index contributed by atoms with van der Waals surface area (Å²) in [6, 6.07) is 1.96. The van der Waals surface area contributed by atoms with Crippen LogP contribution in [0.1, 0.15) is 0 Å². The van der Waals surface area contributed by atoms with Crippen LogP contribution in [0.15, 0.2) is 30.6 Å². The number of carboxylic acids is 2. The second-order valence-corrected chi connectivity index (χ2v) is 4.54. The van der Waals surface area contributed by atoms with Crippen LogP contribution in [-0.4, -0.2) is 53.3 Å². The van der Waals surface area contributed by atoms with Crippen molar-refractivity contribution < 1.29 is 19.8 Å². The number of piperazine rings is 1. The zero-order valence-corrected chi connectivity index (χ0v) is 12.0. The molecule has 0 bridgehead atoms. The minimum Gasteiger partial charge on any atom is -0.478 e. The molecule has 114 valence electrons. The van der Waals surface area contributed by atoms with Gasteiger partial charge in [0.1, 0.15) is 0 Å². The van der Waals surface area contributed by atoms with Crippen LogP contribution in [0.2, 0.25) is 5.02 Å². The lowest BCUT2D eigenvalue weighted by atomic mass is 10.3. The van der Waals surface area contributed by atoms with E-state index in [0.717, 1.165) is 31.9 Å². The van der Waals surface area contributed by atoms with Gasteiger partial charge in [-0.25, -0.2) is 9.59 Å². The highest BCUT2D eigenvalue weighted by Gasteiger charge is 2.10. The Kier molecular flexibility index (Phi) is 7.20. The Morgan fingerprint density at radius 1 is 1.19 bits per heavy atom. The number of nitrogens with zero attached hydrogens (tertiary/aromatic N) is 2. The Balaban J connectivity index is 0.000000240. The second-order valence-electron chi connectivity index (χ2n) is 4.11. The SMILES string of the molecule is Clc1cncc(N2CCNCC2)c1.O=C(O)/C=C/C(=O)O. The first-order chi connectivity index (χ1) is 9.99. The largest absolute Gasteiger partial charge is 0.478 e. The second kappa shape index (κ2) is 8.93. The van der Waals surface area contributed by atoms with Crippen molar-refractivity contribution in [2.24, 2.45) is 0 Å². The summed E-state index contributed by atoms with van der Waals surface area (Å²) >= 11 is 5.86. The molecular formula is C13H16ClN3O4. The number of pyridine rings is 1. The van der Waals surface area contributed by atoms with Crippen molar-refractivity contribution in [3.05, 3.63) is 35.6 Å². The molecule has 2 rings (SSSR count). The smallest absolute Gasteiger partial charge is 0.328 e. The molecule has 7 nitrogen and oxygen atoms in total. The van der Waals surface area contributed by atoms with Crippen LogP contribution in [0, 0.1) is 0 Å². The molecule has 1 aliphatic rings. The van der Waals surface area contributed by atoms with Gasteiger partial charge >= 0.3 is 11.9 Å². The van der Waals surface area contributed by atoms with Gasteiger partial charge in [0.05, 0.1) is 16.9 Å². The Hall–Kier alpha value is -2.12. The molecule has 1 aliphatic heterocycles. The zero-order valence-electron chi connectivity index (χ0n) is 11.2. The number of nitrogens with one attached hydrogen (secondary N) is 1. The van der Waals surface area contributed by atoms with Crippen molar-refractivity contribution in [3.8, 4) is 0 Å². The number of halogens is 1. The summed E-state index contributed by atoms with van der Waals surface area (Å²) in [5.74, 6) is -2.51. The van der Waals surface area contributed by atoms with Crippen LogP contribution in [0.3, 0.4) is 0 Å². The van der Waals surface area contributed by atoms with Crippen molar-refractivity contribution in [1.29, 1.82) is 0 Å². The topological polar surface area (TPSA) is 103 Å². The fraction of sp³-hybridized carbons (Fsp3) is 0.308. The highest BCUT2D eigenvalue weighted by Crippen LogP contribution is 2.17. The number of hydrogen-bond acceptors (Lipinski definition) is 5. The molecule has 0 amide bonds. The minimum absolute atomic E-state index is 0.558. The molecule has 8 heteroatoms. The first-order valence-electron chi connectivity index (χ1n) is 6.19. The van der Waals surface area contributed by atoms with E-state index in [9.17, 15) is 9.59 Å². The van der Waals surface area contributed by atoms with Gasteiger partial charge in [-0.05, 0) is 6.07 Å². The fourth-order valence-corrected chi connectivity index (χ4v) is 1.81. The molecule has 1 aromatic heterocycles. The predicted molar refractivity (Wildman–Crippen MR) is 78.7 cm³/mol. The number of anilines is 1. The summed E-state index contributed by atoms with van der Waals surface area (Å²) in [4.78, 5) is 25.5. The number of aromatic nitrogens is 1. The molecule has 0 aromatic carbocycles. The van der Waals surface area contributed by atoms with Gasteiger partial charge in [0.2, 0.25) is 0 Å². The Morgan fingerprint density at radius 3 is 2.24 bits per heavy atom. The lowest BCUT2D eigenvalue weighted by molar-refractivity contribution is -0.134. The van der Waals surface area contributed by atoms with E-state index < -0.39 is 11.9 Å². The van der Waals surface area contributed by atoms with Crippen LogP contribution in [0.25, 0.3) is 0 Å². The third-order valence-corrected chi connectivity index (χ3v) is 2.75. The Bertz CT molecular complexity index is 500. The molecule has 0 spiro atoms. The maximum atomic E-state index is 9.55. The van der Waals surface area contributed by atoms with Gasteiger partial charge in [-0.2, -0.15) is 0 Å². The minimum atomic E-state index is -1.26. The van der Waals surface area contributed by atoms with Crippen molar-refractivity contribution in [2.45, 2.75) is 0 Å². The summed E-state index contributed by atoms with van der Waals surface area (Å²) in [7, 11) is 0. The summed E-state index contributed by atoms with van der Waals surface area (Å²) in [5, 5.41) is 19.6. The monoisotopic (exact) mass is 313 g/mol. The summed E-state index contributed by atoms with van der Waals surface area (Å²) in [6.07, 6.45) is 4.63. The van der Waals surface area contributed by atoms with Gasteiger partial charge in [0.25, 0.3) is 0 Å². The molecule has 0 atom stereocenters. The Morgan fingerprint density at radius 2 is 1.76 bits per heavy atom. The van der Waals surface area contributed by atoms with Crippen molar-refractivity contribution in [2.75, 3.05) is 31.1 Å². The van der Waals surface area contributed by atoms with Gasteiger partial charge in [-0.15, -0.1) is 0 Å². The standard InChI is InChI=1S/C9H12ClN3.C4H4O4/c10-8-5-9(7-12-6-8)13-3-1-11-2-4-13;5-3(6)1-2-4(7)8/h5-7,11H,1-4H2;1-2H,(H,5,6)(H,7,8)/b;2-1+. The van der Waals surface area contributed by atoms with Crippen LogP contribution in [0.5, 0.6) is 0 Å². The molecule has 21 heavy (non-hydrogen) atoms. The van der Waals surface area contributed by atoms with Gasteiger partial charge in [0, 0.05) is 44.5 Å². The summed E-state index contributed by atoms with van der Waals surface area (Å²) < 4.78 is 0. The Labute approximate surface area is 126 Å². The van der Waals surface area contributed by atoms with E-state index in [2.05, 4.69) is 15.2 Å². The van der Waals surface area contributed by atoms with Crippen LogP contribution in [0.4, 0.5) is 5.69 Å². The first kappa shape index (κ1) is 16.9. The first-order valence-corrected chi connectivity index (χ1v) is 6.57. The van der Waals surface area contributed by atoms with Gasteiger partial charge in [0.15, 0.2) is 0 Å². The molecule has 1 fully saturated rings. The van der Waals surface area contributed by atoms with E-state index in [-0.39, 0.29) is 0 Å². The molecule has 1 aromatic rings. The van der Waals surface area contributed by atoms with Crippen molar-refractivity contribution in [3.63, 3.8) is 0 Å². The highest BCUT2D eigenvalue weighted by atomic mass is 35.5. The quantitative estimate of drug-likeness (QED) is 0.711. The van der Waals surface area contributed by atoms with E-state index in [4.69, 9.17) is 21.8 Å². The van der Waals surface area contributed by atoms with Crippen LogP contribution >= 0.6 is 11.6 Å².